The van der Waals surface area contributed by atoms with E-state index in [4.69, 9.17) is 16.1 Å². The lowest BCUT2D eigenvalue weighted by molar-refractivity contribution is -0.129. The van der Waals surface area contributed by atoms with Crippen LogP contribution in [0.25, 0.3) is 0 Å². The molecule has 1 aliphatic heterocycles. The molecule has 1 aromatic carbocycles. The number of aromatic nitrogens is 1. The topological polar surface area (TPSA) is 75.4 Å². The van der Waals surface area contributed by atoms with Crippen molar-refractivity contribution in [3.8, 4) is 0 Å². The van der Waals surface area contributed by atoms with Crippen LogP contribution in [0.2, 0.25) is 5.02 Å². The number of nitrogens with zero attached hydrogens (tertiary/aromatic N) is 2. The highest BCUT2D eigenvalue weighted by Gasteiger charge is 2.36. The number of nitrogens with one attached hydrogen (secondary N) is 1. The number of rotatable bonds is 4. The summed E-state index contributed by atoms with van der Waals surface area (Å²) in [5, 5.41) is 7.23. The number of halogens is 1. The summed E-state index contributed by atoms with van der Waals surface area (Å²) in [6.07, 6.45) is 0. The smallest absolute Gasteiger partial charge is 0.276 e. The van der Waals surface area contributed by atoms with Crippen molar-refractivity contribution in [3.05, 3.63) is 52.4 Å². The van der Waals surface area contributed by atoms with Crippen LogP contribution >= 0.6 is 11.6 Å². The first-order valence-corrected chi connectivity index (χ1v) is 7.65. The molecule has 0 radical (unpaired) electrons. The predicted octanol–water partition coefficient (Wildman–Crippen LogP) is 2.02. The number of hydrogen-bond acceptors (Lipinski definition) is 4. The van der Waals surface area contributed by atoms with Gasteiger partial charge >= 0.3 is 0 Å². The van der Waals surface area contributed by atoms with E-state index in [1.807, 2.05) is 12.1 Å². The van der Waals surface area contributed by atoms with Crippen molar-refractivity contribution >= 4 is 23.4 Å². The van der Waals surface area contributed by atoms with Gasteiger partial charge in [0.1, 0.15) is 5.76 Å². The number of benzene rings is 1. The summed E-state index contributed by atoms with van der Waals surface area (Å²) in [7, 11) is 0. The molecule has 0 spiro atoms. The third-order valence-electron chi connectivity index (χ3n) is 3.77. The summed E-state index contributed by atoms with van der Waals surface area (Å²) >= 11 is 5.82. The second kappa shape index (κ2) is 6.42. The van der Waals surface area contributed by atoms with E-state index in [2.05, 4.69) is 10.5 Å². The van der Waals surface area contributed by atoms with E-state index in [-0.39, 0.29) is 23.4 Å². The summed E-state index contributed by atoms with van der Waals surface area (Å²) < 4.78 is 4.89. The van der Waals surface area contributed by atoms with Gasteiger partial charge in [0, 0.05) is 30.7 Å². The van der Waals surface area contributed by atoms with Gasteiger partial charge in [0.25, 0.3) is 5.91 Å². The van der Waals surface area contributed by atoms with Crippen molar-refractivity contribution in [1.29, 1.82) is 0 Å². The minimum atomic E-state index is -0.205. The maximum Gasteiger partial charge on any atom is 0.276 e. The molecule has 1 aromatic heterocycles. The maximum absolute atomic E-state index is 12.1. The number of carbonyl (C=O) groups is 2. The van der Waals surface area contributed by atoms with Gasteiger partial charge in [0.15, 0.2) is 5.69 Å². The van der Waals surface area contributed by atoms with Crippen LogP contribution in [0.1, 0.15) is 21.8 Å². The molecule has 1 saturated heterocycles. The third-order valence-corrected chi connectivity index (χ3v) is 4.02. The molecule has 2 aromatic rings. The Balaban J connectivity index is 1.46. The van der Waals surface area contributed by atoms with Gasteiger partial charge in [-0.3, -0.25) is 9.59 Å². The van der Waals surface area contributed by atoms with Crippen molar-refractivity contribution in [1.82, 2.24) is 15.4 Å². The Morgan fingerprint density at radius 3 is 2.65 bits per heavy atom. The zero-order chi connectivity index (χ0) is 16.4. The molecular formula is C16H16ClN3O3. The average Bonchev–Trinajstić information content (AvgIpc) is 2.91. The predicted molar refractivity (Wildman–Crippen MR) is 83.9 cm³/mol. The van der Waals surface area contributed by atoms with Crippen LogP contribution in [0.3, 0.4) is 0 Å². The zero-order valence-corrected chi connectivity index (χ0v) is 13.3. The quantitative estimate of drug-likeness (QED) is 0.928. The molecule has 1 aliphatic rings. The van der Waals surface area contributed by atoms with Gasteiger partial charge in [0.2, 0.25) is 5.91 Å². The van der Waals surface area contributed by atoms with Gasteiger partial charge in [0.05, 0.1) is 5.92 Å². The molecule has 2 amide bonds. The lowest BCUT2D eigenvalue weighted by Crippen LogP contribution is -2.55. The molecule has 0 atom stereocenters. The van der Waals surface area contributed by atoms with Crippen LogP contribution in [-0.4, -0.2) is 35.0 Å². The van der Waals surface area contributed by atoms with Crippen LogP contribution in [-0.2, 0) is 11.3 Å². The molecule has 7 heteroatoms. The lowest BCUT2D eigenvalue weighted by Gasteiger charge is -2.37. The second-order valence-electron chi connectivity index (χ2n) is 5.57. The van der Waals surface area contributed by atoms with Gasteiger partial charge < -0.3 is 14.7 Å². The molecule has 120 valence electrons. The van der Waals surface area contributed by atoms with Gasteiger partial charge in [-0.15, -0.1) is 0 Å². The minimum Gasteiger partial charge on any atom is -0.361 e. The Kier molecular flexibility index (Phi) is 4.34. The minimum absolute atomic E-state index is 0.0552. The monoisotopic (exact) mass is 333 g/mol. The molecule has 6 nitrogen and oxygen atoms in total. The van der Waals surface area contributed by atoms with E-state index >= 15 is 0 Å². The summed E-state index contributed by atoms with van der Waals surface area (Å²) in [5.41, 5.74) is 1.26. The first-order valence-electron chi connectivity index (χ1n) is 7.27. The second-order valence-corrected chi connectivity index (χ2v) is 6.01. The standard InChI is InChI=1S/C16H16ClN3O3/c1-10-6-14(19-23-10)16(22)20-8-12(9-20)15(21)18-7-11-2-4-13(17)5-3-11/h2-6,12H,7-9H2,1H3,(H,18,21). The van der Waals surface area contributed by atoms with E-state index in [1.165, 1.54) is 0 Å². The van der Waals surface area contributed by atoms with Crippen LogP contribution in [0, 0.1) is 12.8 Å². The largest absolute Gasteiger partial charge is 0.361 e. The molecular weight excluding hydrogens is 318 g/mol. The Morgan fingerprint density at radius 2 is 2.04 bits per heavy atom. The van der Waals surface area contributed by atoms with Crippen molar-refractivity contribution in [2.75, 3.05) is 13.1 Å². The third kappa shape index (κ3) is 3.53. The van der Waals surface area contributed by atoms with Gasteiger partial charge in [-0.2, -0.15) is 0 Å². The fraction of sp³-hybridized carbons (Fsp3) is 0.312. The highest BCUT2D eigenvalue weighted by molar-refractivity contribution is 6.30. The fourth-order valence-corrected chi connectivity index (χ4v) is 2.50. The highest BCUT2D eigenvalue weighted by Crippen LogP contribution is 2.19. The molecule has 3 rings (SSSR count). The Hall–Kier alpha value is -2.34. The summed E-state index contributed by atoms with van der Waals surface area (Å²) in [6, 6.07) is 8.90. The summed E-state index contributed by atoms with van der Waals surface area (Å²) in [5.74, 6) is 0.148. The SMILES string of the molecule is Cc1cc(C(=O)N2CC(C(=O)NCc3ccc(Cl)cc3)C2)no1. The molecule has 1 fully saturated rings. The Morgan fingerprint density at radius 1 is 1.35 bits per heavy atom. The Bertz CT molecular complexity index is 720. The van der Waals surface area contributed by atoms with Crippen molar-refractivity contribution in [3.63, 3.8) is 0 Å². The average molecular weight is 334 g/mol. The lowest BCUT2D eigenvalue weighted by atomic mass is 9.98. The van der Waals surface area contributed by atoms with Crippen molar-refractivity contribution in [2.24, 2.45) is 5.92 Å². The van der Waals surface area contributed by atoms with Gasteiger partial charge in [-0.25, -0.2) is 0 Å². The van der Waals surface area contributed by atoms with Gasteiger partial charge in [-0.1, -0.05) is 28.9 Å². The maximum atomic E-state index is 12.1. The van der Waals surface area contributed by atoms with E-state index in [0.29, 0.717) is 30.4 Å². The number of carbonyl (C=O) groups excluding carboxylic acids is 2. The summed E-state index contributed by atoms with van der Waals surface area (Å²) in [4.78, 5) is 25.7. The number of aryl methyl sites for hydroxylation is 1. The molecule has 23 heavy (non-hydrogen) atoms. The van der Waals surface area contributed by atoms with Crippen LogP contribution in [0.15, 0.2) is 34.9 Å². The molecule has 0 aliphatic carbocycles. The number of amides is 2. The van der Waals surface area contributed by atoms with E-state index < -0.39 is 0 Å². The van der Waals surface area contributed by atoms with E-state index in [0.717, 1.165) is 5.56 Å². The molecule has 0 bridgehead atoms. The normalized spacial score (nSPS) is 14.4. The van der Waals surface area contributed by atoms with Gasteiger partial charge in [-0.05, 0) is 24.6 Å². The zero-order valence-electron chi connectivity index (χ0n) is 12.6. The molecule has 0 saturated carbocycles. The molecule has 0 unspecified atom stereocenters. The van der Waals surface area contributed by atoms with Crippen LogP contribution in [0.4, 0.5) is 0 Å². The summed E-state index contributed by atoms with van der Waals surface area (Å²) in [6.45, 7) is 2.98. The molecule has 2 heterocycles. The Labute approximate surface area is 138 Å². The first kappa shape index (κ1) is 15.6. The van der Waals surface area contributed by atoms with E-state index in [1.54, 1.807) is 30.0 Å². The van der Waals surface area contributed by atoms with Crippen LogP contribution in [0.5, 0.6) is 0 Å². The fourth-order valence-electron chi connectivity index (χ4n) is 2.38. The van der Waals surface area contributed by atoms with Crippen molar-refractivity contribution in [2.45, 2.75) is 13.5 Å². The number of likely N-dealkylation sites (tertiary alicyclic amines) is 1. The van der Waals surface area contributed by atoms with E-state index in [9.17, 15) is 9.59 Å². The molecule has 1 N–H and O–H groups in total. The first-order chi connectivity index (χ1) is 11.0. The van der Waals surface area contributed by atoms with Crippen LogP contribution < -0.4 is 5.32 Å². The highest BCUT2D eigenvalue weighted by atomic mass is 35.5. The number of hydrogen-bond donors (Lipinski definition) is 1. The van der Waals surface area contributed by atoms with Crippen molar-refractivity contribution < 1.29 is 14.1 Å².